The van der Waals surface area contributed by atoms with Gasteiger partial charge in [0.25, 0.3) is 0 Å². The van der Waals surface area contributed by atoms with Gasteiger partial charge in [0.05, 0.1) is 26.9 Å². The lowest BCUT2D eigenvalue weighted by molar-refractivity contribution is -0.147. The molecule has 5 rings (SSSR count). The van der Waals surface area contributed by atoms with Crippen LogP contribution in [0.2, 0.25) is 0 Å². The maximum Gasteiger partial charge on any atom is 0.337 e. The molecule has 0 bridgehead atoms. The van der Waals surface area contributed by atoms with E-state index >= 15 is 0 Å². The topological polar surface area (TPSA) is 110 Å². The Morgan fingerprint density at radius 3 is 2.23 bits per heavy atom. The first-order valence-corrected chi connectivity index (χ1v) is 14.4. The number of methoxy groups -OCH3 is 3. The number of carbonyl (C=O) groups is 3. The number of ether oxygens (including phenoxy) is 5. The molecule has 0 saturated heterocycles. The Labute approximate surface area is 256 Å². The minimum Gasteiger partial charge on any atom is -0.493 e. The summed E-state index contributed by atoms with van der Waals surface area (Å²) >= 11 is 0. The zero-order valence-electron chi connectivity index (χ0n) is 25.2. The van der Waals surface area contributed by atoms with Gasteiger partial charge in [-0.3, -0.25) is 14.6 Å². The second-order valence-corrected chi connectivity index (χ2v) is 10.7. The van der Waals surface area contributed by atoms with Crippen LogP contribution in [-0.4, -0.2) is 58.0 Å². The van der Waals surface area contributed by atoms with Crippen LogP contribution in [0.4, 0.5) is 0 Å². The Balaban J connectivity index is 1.45. The molecule has 9 heteroatoms. The highest BCUT2D eigenvalue weighted by atomic mass is 16.6. The molecule has 0 spiro atoms. The predicted octanol–water partition coefficient (Wildman–Crippen LogP) is 5.69. The molecular formula is C35H35NO8. The molecule has 1 aliphatic heterocycles. The van der Waals surface area contributed by atoms with Crippen molar-refractivity contribution in [3.8, 4) is 17.2 Å². The van der Waals surface area contributed by atoms with Crippen molar-refractivity contribution in [1.82, 2.24) is 0 Å². The first-order valence-electron chi connectivity index (χ1n) is 14.4. The molecule has 0 N–H and O–H groups in total. The number of hydrogen-bond donors (Lipinski definition) is 0. The molecule has 3 aromatic carbocycles. The number of rotatable bonds is 10. The first kappa shape index (κ1) is 30.5. The van der Waals surface area contributed by atoms with E-state index in [-0.39, 0.29) is 31.3 Å². The van der Waals surface area contributed by atoms with Gasteiger partial charge in [0.2, 0.25) is 0 Å². The summed E-state index contributed by atoms with van der Waals surface area (Å²) in [5.74, 6) is -0.766. The highest BCUT2D eigenvalue weighted by molar-refractivity contribution is 6.09. The summed E-state index contributed by atoms with van der Waals surface area (Å²) in [6, 6.07) is 21.7. The van der Waals surface area contributed by atoms with E-state index < -0.39 is 23.8 Å². The first-order chi connectivity index (χ1) is 21.3. The number of hydrogen-bond acceptors (Lipinski definition) is 9. The smallest absolute Gasteiger partial charge is 0.337 e. The van der Waals surface area contributed by atoms with Crippen molar-refractivity contribution in [2.24, 2.45) is 10.9 Å². The van der Waals surface area contributed by atoms with E-state index in [4.69, 9.17) is 28.7 Å². The Bertz CT molecular complexity index is 1590. The van der Waals surface area contributed by atoms with E-state index in [0.717, 1.165) is 5.56 Å². The molecule has 0 amide bonds. The molecule has 0 radical (unpaired) electrons. The van der Waals surface area contributed by atoms with Crippen LogP contribution < -0.4 is 14.2 Å². The largest absolute Gasteiger partial charge is 0.493 e. The van der Waals surface area contributed by atoms with Crippen LogP contribution in [0.3, 0.4) is 0 Å². The maximum absolute atomic E-state index is 14.0. The number of benzene rings is 3. The number of ketones is 1. The number of nitrogens with zero attached hydrogens (tertiary/aromatic N) is 1. The SMILES string of the molecule is COC(=O)c1ccc([C@H]2C3=C(C[C@H](c4ccc(OC)c(OC)c4)CC3=O)N=C(C)C2C(=O)OCCOc2ccccc2)cc1. The molecule has 0 fully saturated rings. The van der Waals surface area contributed by atoms with Gasteiger partial charge in [-0.1, -0.05) is 36.4 Å². The number of para-hydroxylation sites is 1. The monoisotopic (exact) mass is 597 g/mol. The van der Waals surface area contributed by atoms with E-state index in [1.54, 1.807) is 45.4 Å². The molecule has 3 aromatic rings. The average molecular weight is 598 g/mol. The second kappa shape index (κ2) is 13.6. The molecule has 1 unspecified atom stereocenters. The number of carbonyl (C=O) groups excluding carboxylic acids is 3. The van der Waals surface area contributed by atoms with Gasteiger partial charge in [-0.2, -0.15) is 0 Å². The molecular weight excluding hydrogens is 562 g/mol. The number of aliphatic imine (C=N–C) groups is 1. The average Bonchev–Trinajstić information content (AvgIpc) is 3.05. The van der Waals surface area contributed by atoms with E-state index in [2.05, 4.69) is 0 Å². The zero-order chi connectivity index (χ0) is 31.2. The fourth-order valence-electron chi connectivity index (χ4n) is 5.92. The van der Waals surface area contributed by atoms with Crippen molar-refractivity contribution in [2.75, 3.05) is 34.5 Å². The third-order valence-corrected chi connectivity index (χ3v) is 8.05. The molecule has 0 saturated carbocycles. The van der Waals surface area contributed by atoms with E-state index in [1.807, 2.05) is 48.5 Å². The summed E-state index contributed by atoms with van der Waals surface area (Å²) in [5.41, 5.74) is 3.72. The fourth-order valence-corrected chi connectivity index (χ4v) is 5.92. The van der Waals surface area contributed by atoms with Gasteiger partial charge in [-0.05, 0) is 66.8 Å². The van der Waals surface area contributed by atoms with Crippen LogP contribution >= 0.6 is 0 Å². The van der Waals surface area contributed by atoms with Gasteiger partial charge in [0, 0.05) is 29.3 Å². The van der Waals surface area contributed by atoms with Gasteiger partial charge >= 0.3 is 11.9 Å². The summed E-state index contributed by atoms with van der Waals surface area (Å²) in [5, 5.41) is 0. The molecule has 44 heavy (non-hydrogen) atoms. The van der Waals surface area contributed by atoms with E-state index in [0.29, 0.717) is 51.8 Å². The Morgan fingerprint density at radius 1 is 0.841 bits per heavy atom. The number of allylic oxidation sites excluding steroid dienone is 2. The standard InChI is InChI=1S/C35H35NO8/c1-21-31(35(39)44-17-16-43-26-8-6-5-7-9-26)32(22-10-12-23(13-11-22)34(38)42-4)33-27(36-21)18-25(19-28(33)37)24-14-15-29(40-2)30(20-24)41-3/h5-15,20,25,31-32H,16-19H2,1-4H3/t25-,31?,32+/m0/s1. The summed E-state index contributed by atoms with van der Waals surface area (Å²) in [7, 11) is 4.47. The highest BCUT2D eigenvalue weighted by Crippen LogP contribution is 2.47. The quantitative estimate of drug-likeness (QED) is 0.217. The van der Waals surface area contributed by atoms with Gasteiger partial charge < -0.3 is 23.7 Å². The third kappa shape index (κ3) is 6.37. The normalized spacial score (nSPS) is 19.4. The molecule has 3 atom stereocenters. The van der Waals surface area contributed by atoms with E-state index in [9.17, 15) is 14.4 Å². The lowest BCUT2D eigenvalue weighted by Gasteiger charge is -2.36. The molecule has 1 heterocycles. The Kier molecular flexibility index (Phi) is 9.43. The van der Waals surface area contributed by atoms with Crippen LogP contribution in [-0.2, 0) is 19.1 Å². The van der Waals surface area contributed by atoms with Crippen molar-refractivity contribution in [3.63, 3.8) is 0 Å². The predicted molar refractivity (Wildman–Crippen MR) is 164 cm³/mol. The molecule has 0 aromatic heterocycles. The van der Waals surface area contributed by atoms with Crippen molar-refractivity contribution >= 4 is 23.4 Å². The highest BCUT2D eigenvalue weighted by Gasteiger charge is 2.45. The fraction of sp³-hybridized carbons (Fsp3) is 0.314. The number of esters is 2. The zero-order valence-corrected chi connectivity index (χ0v) is 25.2. The maximum atomic E-state index is 14.0. The summed E-state index contributed by atoms with van der Waals surface area (Å²) in [6.45, 7) is 2.00. The molecule has 1 aliphatic carbocycles. The molecule has 9 nitrogen and oxygen atoms in total. The third-order valence-electron chi connectivity index (χ3n) is 8.05. The second-order valence-electron chi connectivity index (χ2n) is 10.7. The van der Waals surface area contributed by atoms with Crippen molar-refractivity contribution in [3.05, 3.63) is 101 Å². The van der Waals surface area contributed by atoms with Crippen molar-refractivity contribution in [2.45, 2.75) is 31.6 Å². The Morgan fingerprint density at radius 2 is 1.55 bits per heavy atom. The van der Waals surface area contributed by atoms with Crippen LogP contribution in [0.15, 0.2) is 89.1 Å². The van der Waals surface area contributed by atoms with Crippen LogP contribution in [0.1, 0.15) is 53.1 Å². The van der Waals surface area contributed by atoms with Crippen LogP contribution in [0.25, 0.3) is 0 Å². The number of Topliss-reactive ketones (excluding diaryl/α,β-unsaturated/α-hetero) is 1. The minimum atomic E-state index is -0.823. The lowest BCUT2D eigenvalue weighted by atomic mass is 9.69. The van der Waals surface area contributed by atoms with Crippen molar-refractivity contribution in [1.29, 1.82) is 0 Å². The van der Waals surface area contributed by atoms with Gasteiger partial charge in [0.15, 0.2) is 17.3 Å². The van der Waals surface area contributed by atoms with Gasteiger partial charge in [0.1, 0.15) is 24.9 Å². The van der Waals surface area contributed by atoms with Gasteiger partial charge in [-0.25, -0.2) is 4.79 Å². The minimum absolute atomic E-state index is 0.0345. The van der Waals surface area contributed by atoms with Crippen LogP contribution in [0.5, 0.6) is 17.2 Å². The summed E-state index contributed by atoms with van der Waals surface area (Å²) in [6.07, 6.45) is 0.754. The molecule has 228 valence electrons. The summed E-state index contributed by atoms with van der Waals surface area (Å²) < 4.78 is 27.1. The van der Waals surface area contributed by atoms with Gasteiger partial charge in [-0.15, -0.1) is 0 Å². The van der Waals surface area contributed by atoms with Crippen molar-refractivity contribution < 1.29 is 38.1 Å². The Hall–Kier alpha value is -4.92. The van der Waals surface area contributed by atoms with Crippen LogP contribution in [0, 0.1) is 5.92 Å². The summed E-state index contributed by atoms with van der Waals surface area (Å²) in [4.78, 5) is 44.5. The lowest BCUT2D eigenvalue weighted by Crippen LogP contribution is -2.38. The molecule has 2 aliphatic rings. The van der Waals surface area contributed by atoms with E-state index in [1.165, 1.54) is 7.11 Å².